The Labute approximate surface area is 149 Å². The molecule has 0 spiro atoms. The molecule has 1 fully saturated rings. The Bertz CT molecular complexity index is 1070. The molecule has 1 aliphatic rings. The molecule has 0 aliphatic carbocycles. The number of rotatable bonds is 3. The first-order valence-electron chi connectivity index (χ1n) is 8.28. The van der Waals surface area contributed by atoms with E-state index in [0.29, 0.717) is 29.9 Å². The molecule has 0 amide bonds. The summed E-state index contributed by atoms with van der Waals surface area (Å²) in [6.45, 7) is 2.86. The topological polar surface area (TPSA) is 95.2 Å². The van der Waals surface area contributed by atoms with Crippen LogP contribution in [0, 0.1) is 11.3 Å². The minimum Gasteiger partial charge on any atom is -0.441 e. The SMILES string of the molecule is N#C/C(=C\c1ccc(N2CCOCC2)o1)c1nc2ccccc2c(=O)[nH]1. The van der Waals surface area contributed by atoms with Crippen LogP contribution in [0.4, 0.5) is 5.88 Å². The zero-order chi connectivity index (χ0) is 17.9. The van der Waals surface area contributed by atoms with Crippen molar-refractivity contribution in [1.82, 2.24) is 9.97 Å². The molecule has 1 aliphatic heterocycles. The number of allylic oxidation sites excluding steroid dienone is 1. The van der Waals surface area contributed by atoms with Crippen LogP contribution >= 0.6 is 0 Å². The Kier molecular flexibility index (Phi) is 4.25. The van der Waals surface area contributed by atoms with Gasteiger partial charge in [-0.15, -0.1) is 0 Å². The Balaban J connectivity index is 1.68. The van der Waals surface area contributed by atoms with Gasteiger partial charge in [-0.2, -0.15) is 5.26 Å². The maximum absolute atomic E-state index is 12.2. The van der Waals surface area contributed by atoms with E-state index in [0.717, 1.165) is 19.0 Å². The second-order valence-corrected chi connectivity index (χ2v) is 5.88. The standard InChI is InChI=1S/C19H16N4O3/c20-12-13(18-21-16-4-2-1-3-15(16)19(24)22-18)11-14-5-6-17(26-14)23-7-9-25-10-8-23/h1-6,11H,7-10H2,(H,21,22,24)/b13-11+. The molecular weight excluding hydrogens is 332 g/mol. The fourth-order valence-corrected chi connectivity index (χ4v) is 2.88. The molecule has 26 heavy (non-hydrogen) atoms. The average molecular weight is 348 g/mol. The van der Waals surface area contributed by atoms with Crippen molar-refractivity contribution in [2.24, 2.45) is 0 Å². The first-order valence-corrected chi connectivity index (χ1v) is 8.28. The van der Waals surface area contributed by atoms with Gasteiger partial charge in [0.15, 0.2) is 11.7 Å². The van der Waals surface area contributed by atoms with E-state index in [1.165, 1.54) is 0 Å². The van der Waals surface area contributed by atoms with Crippen molar-refractivity contribution < 1.29 is 9.15 Å². The number of aromatic nitrogens is 2. The van der Waals surface area contributed by atoms with E-state index in [2.05, 4.69) is 20.9 Å². The van der Waals surface area contributed by atoms with Crippen molar-refractivity contribution in [3.8, 4) is 6.07 Å². The second kappa shape index (κ2) is 6.86. The third-order valence-corrected chi connectivity index (χ3v) is 4.21. The van der Waals surface area contributed by atoms with Crippen LogP contribution in [0.1, 0.15) is 11.6 Å². The van der Waals surface area contributed by atoms with Crippen molar-refractivity contribution in [2.45, 2.75) is 0 Å². The van der Waals surface area contributed by atoms with Gasteiger partial charge in [0.1, 0.15) is 11.8 Å². The molecule has 3 heterocycles. The zero-order valence-corrected chi connectivity index (χ0v) is 13.9. The van der Waals surface area contributed by atoms with E-state index in [1.807, 2.05) is 6.07 Å². The zero-order valence-electron chi connectivity index (χ0n) is 13.9. The van der Waals surface area contributed by atoms with Gasteiger partial charge in [0, 0.05) is 25.2 Å². The number of para-hydroxylation sites is 1. The second-order valence-electron chi connectivity index (χ2n) is 5.88. The molecule has 4 rings (SSSR count). The number of hydrogen-bond acceptors (Lipinski definition) is 6. The summed E-state index contributed by atoms with van der Waals surface area (Å²) >= 11 is 0. The molecule has 1 N–H and O–H groups in total. The van der Waals surface area contributed by atoms with Gasteiger partial charge in [-0.3, -0.25) is 4.79 Å². The van der Waals surface area contributed by atoms with Crippen LogP contribution in [-0.2, 0) is 4.74 Å². The molecular formula is C19H16N4O3. The van der Waals surface area contributed by atoms with E-state index < -0.39 is 0 Å². The third kappa shape index (κ3) is 3.10. The predicted molar refractivity (Wildman–Crippen MR) is 97.6 cm³/mol. The van der Waals surface area contributed by atoms with Crippen LogP contribution in [0.3, 0.4) is 0 Å². The molecule has 130 valence electrons. The average Bonchev–Trinajstić information content (AvgIpc) is 3.15. The summed E-state index contributed by atoms with van der Waals surface area (Å²) in [5.74, 6) is 1.48. The number of H-pyrrole nitrogens is 1. The predicted octanol–water partition coefficient (Wildman–Crippen LogP) is 2.42. The summed E-state index contributed by atoms with van der Waals surface area (Å²) in [4.78, 5) is 21.3. The van der Waals surface area contributed by atoms with Gasteiger partial charge in [-0.25, -0.2) is 4.98 Å². The molecule has 0 atom stereocenters. The Hall–Kier alpha value is -3.37. The van der Waals surface area contributed by atoms with Crippen molar-refractivity contribution in [3.63, 3.8) is 0 Å². The van der Waals surface area contributed by atoms with Crippen molar-refractivity contribution >= 4 is 28.4 Å². The number of anilines is 1. The maximum atomic E-state index is 12.2. The molecule has 1 aromatic carbocycles. The number of furan rings is 1. The lowest BCUT2D eigenvalue weighted by Crippen LogP contribution is -2.35. The van der Waals surface area contributed by atoms with E-state index in [4.69, 9.17) is 9.15 Å². The quantitative estimate of drug-likeness (QED) is 0.731. The number of nitrogens with zero attached hydrogens (tertiary/aromatic N) is 3. The fourth-order valence-electron chi connectivity index (χ4n) is 2.88. The number of nitrogens with one attached hydrogen (secondary N) is 1. The van der Waals surface area contributed by atoms with Gasteiger partial charge in [-0.05, 0) is 18.2 Å². The summed E-state index contributed by atoms with van der Waals surface area (Å²) in [5.41, 5.74) is 0.497. The van der Waals surface area contributed by atoms with Crippen LogP contribution in [0.25, 0.3) is 22.6 Å². The number of aromatic amines is 1. The molecule has 7 nitrogen and oxygen atoms in total. The van der Waals surface area contributed by atoms with Crippen molar-refractivity contribution in [1.29, 1.82) is 5.26 Å². The Morgan fingerprint density at radius 3 is 2.85 bits per heavy atom. The van der Waals surface area contributed by atoms with E-state index in [-0.39, 0.29) is 17.0 Å². The number of ether oxygens (including phenoxy) is 1. The monoisotopic (exact) mass is 348 g/mol. The van der Waals surface area contributed by atoms with E-state index >= 15 is 0 Å². The number of benzene rings is 1. The summed E-state index contributed by atoms with van der Waals surface area (Å²) in [5, 5.41) is 10.00. The minimum atomic E-state index is -0.278. The largest absolute Gasteiger partial charge is 0.441 e. The fraction of sp³-hybridized carbons (Fsp3) is 0.211. The highest BCUT2D eigenvalue weighted by atomic mass is 16.5. The number of hydrogen-bond donors (Lipinski definition) is 1. The third-order valence-electron chi connectivity index (χ3n) is 4.21. The Morgan fingerprint density at radius 2 is 2.04 bits per heavy atom. The lowest BCUT2D eigenvalue weighted by atomic mass is 10.2. The maximum Gasteiger partial charge on any atom is 0.259 e. The normalized spacial score (nSPS) is 15.2. The summed E-state index contributed by atoms with van der Waals surface area (Å²) in [7, 11) is 0. The van der Waals surface area contributed by atoms with Gasteiger partial charge in [0.25, 0.3) is 5.56 Å². The molecule has 0 bridgehead atoms. The van der Waals surface area contributed by atoms with E-state index in [1.54, 1.807) is 36.4 Å². The van der Waals surface area contributed by atoms with Gasteiger partial charge in [-0.1, -0.05) is 12.1 Å². The van der Waals surface area contributed by atoms with Crippen molar-refractivity contribution in [3.05, 3.63) is 58.3 Å². The summed E-state index contributed by atoms with van der Waals surface area (Å²) in [6, 6.07) is 12.8. The van der Waals surface area contributed by atoms with Gasteiger partial charge in [0.05, 0.1) is 29.7 Å². The molecule has 2 aromatic heterocycles. The Morgan fingerprint density at radius 1 is 1.23 bits per heavy atom. The van der Waals surface area contributed by atoms with Crippen LogP contribution in [0.15, 0.2) is 45.6 Å². The molecule has 0 unspecified atom stereocenters. The van der Waals surface area contributed by atoms with Gasteiger partial charge in [0.2, 0.25) is 0 Å². The van der Waals surface area contributed by atoms with Crippen molar-refractivity contribution in [2.75, 3.05) is 31.2 Å². The summed E-state index contributed by atoms with van der Waals surface area (Å²) in [6.07, 6.45) is 1.58. The highest BCUT2D eigenvalue weighted by Crippen LogP contribution is 2.23. The van der Waals surface area contributed by atoms with Crippen LogP contribution < -0.4 is 10.5 Å². The van der Waals surface area contributed by atoms with Crippen LogP contribution in [-0.4, -0.2) is 36.3 Å². The van der Waals surface area contributed by atoms with Gasteiger partial charge < -0.3 is 19.0 Å². The van der Waals surface area contributed by atoms with Gasteiger partial charge >= 0.3 is 0 Å². The molecule has 1 saturated heterocycles. The number of nitriles is 1. The highest BCUT2D eigenvalue weighted by Gasteiger charge is 2.15. The molecule has 7 heteroatoms. The molecule has 0 radical (unpaired) electrons. The minimum absolute atomic E-state index is 0.223. The highest BCUT2D eigenvalue weighted by molar-refractivity contribution is 5.88. The van der Waals surface area contributed by atoms with E-state index in [9.17, 15) is 10.1 Å². The lowest BCUT2D eigenvalue weighted by molar-refractivity contribution is 0.120. The van der Waals surface area contributed by atoms with Crippen LogP contribution in [0.5, 0.6) is 0 Å². The molecule has 3 aromatic rings. The first kappa shape index (κ1) is 16.1. The first-order chi connectivity index (χ1) is 12.7. The number of morpholine rings is 1. The molecule has 0 saturated carbocycles. The lowest BCUT2D eigenvalue weighted by Gasteiger charge is -2.26. The van der Waals surface area contributed by atoms with Crippen LogP contribution in [0.2, 0.25) is 0 Å². The smallest absolute Gasteiger partial charge is 0.259 e. The summed E-state index contributed by atoms with van der Waals surface area (Å²) < 4.78 is 11.2. The number of fused-ring (bicyclic) bond motifs is 1.